The second-order valence-electron chi connectivity index (χ2n) is 9.88. The van der Waals surface area contributed by atoms with E-state index in [1.165, 1.54) is 25.6 Å². The van der Waals surface area contributed by atoms with Gasteiger partial charge < -0.3 is 20.3 Å². The summed E-state index contributed by atoms with van der Waals surface area (Å²) in [5, 5.41) is 6.42. The number of nitrogens with zero attached hydrogens (tertiary/aromatic N) is 7. The molecule has 2 N–H and O–H groups in total. The third kappa shape index (κ3) is 7.20. The van der Waals surface area contributed by atoms with Crippen LogP contribution in [0.3, 0.4) is 0 Å². The van der Waals surface area contributed by atoms with Gasteiger partial charge in [-0.2, -0.15) is 4.98 Å². The Morgan fingerprint density at radius 1 is 1.18 bits per heavy atom. The highest BCUT2D eigenvalue weighted by molar-refractivity contribution is 7.92. The zero-order chi connectivity index (χ0) is 28.4. The van der Waals surface area contributed by atoms with Gasteiger partial charge in [-0.05, 0) is 32.4 Å². The third-order valence-electron chi connectivity index (χ3n) is 5.65. The largest absolute Gasteiger partial charge is 0.444 e. The lowest BCUT2D eigenvalue weighted by Gasteiger charge is -2.30. The molecule has 0 radical (unpaired) electrons. The van der Waals surface area contributed by atoms with Crippen molar-refractivity contribution in [2.75, 3.05) is 34.8 Å². The second-order valence-corrected chi connectivity index (χ2v) is 12.3. The minimum Gasteiger partial charge on any atom is -0.444 e. The molecule has 15 heteroatoms. The van der Waals surface area contributed by atoms with E-state index in [-0.39, 0.29) is 29.4 Å². The van der Waals surface area contributed by atoms with Crippen LogP contribution in [0.5, 0.6) is 0 Å². The number of rotatable bonds is 7. The molecule has 0 aromatic carbocycles. The van der Waals surface area contributed by atoms with Gasteiger partial charge in [0.05, 0.1) is 25.5 Å². The van der Waals surface area contributed by atoms with E-state index in [4.69, 9.17) is 16.3 Å². The number of fused-ring (bicyclic) bond motifs is 1. The molecule has 13 nitrogen and oxygen atoms in total. The van der Waals surface area contributed by atoms with Crippen LogP contribution in [-0.2, 0) is 34.3 Å². The summed E-state index contributed by atoms with van der Waals surface area (Å²) >= 11 is 6.30. The number of carbonyl (C=O) groups excluding carboxylic acids is 1. The number of hydrogen-bond acceptors (Lipinski definition) is 11. The van der Waals surface area contributed by atoms with E-state index in [1.807, 2.05) is 26.8 Å². The SMILES string of the molecule is CN(c1nccnc1CNc1nc(Nc2ccc3c(n2)CCN(C(=O)OC(C)(C)C)C3)ncc1Cl)S(C)(=O)=O. The van der Waals surface area contributed by atoms with Crippen molar-refractivity contribution in [2.24, 2.45) is 0 Å². The Kier molecular flexibility index (Phi) is 8.07. The average molecular weight is 576 g/mol. The zero-order valence-corrected chi connectivity index (χ0v) is 23.8. The summed E-state index contributed by atoms with van der Waals surface area (Å²) in [7, 11) is -2.12. The van der Waals surface area contributed by atoms with E-state index in [1.54, 1.807) is 11.0 Å². The summed E-state index contributed by atoms with van der Waals surface area (Å²) in [4.78, 5) is 35.8. The summed E-state index contributed by atoms with van der Waals surface area (Å²) < 4.78 is 30.5. The van der Waals surface area contributed by atoms with E-state index in [9.17, 15) is 13.2 Å². The first-order chi connectivity index (χ1) is 18.3. The molecule has 4 heterocycles. The van der Waals surface area contributed by atoms with Gasteiger partial charge in [0.1, 0.15) is 22.1 Å². The van der Waals surface area contributed by atoms with E-state index < -0.39 is 15.6 Å². The maximum absolute atomic E-state index is 12.4. The summed E-state index contributed by atoms with van der Waals surface area (Å²) in [6.07, 6.45) is 5.66. The third-order valence-corrected chi connectivity index (χ3v) is 7.10. The normalized spacial score (nSPS) is 13.4. The molecule has 0 fully saturated rings. The molecule has 4 rings (SSSR count). The lowest BCUT2D eigenvalue weighted by molar-refractivity contribution is 0.0223. The van der Waals surface area contributed by atoms with Crippen LogP contribution in [0.15, 0.2) is 30.7 Å². The second kappa shape index (κ2) is 11.1. The van der Waals surface area contributed by atoms with Crippen molar-refractivity contribution in [2.45, 2.75) is 45.9 Å². The molecule has 1 amide bonds. The Bertz CT molecular complexity index is 1480. The molecule has 1 aliphatic rings. The quantitative estimate of drug-likeness (QED) is 0.426. The highest BCUT2D eigenvalue weighted by Gasteiger charge is 2.26. The summed E-state index contributed by atoms with van der Waals surface area (Å²) in [5.74, 6) is 1.31. The van der Waals surface area contributed by atoms with Crippen molar-refractivity contribution in [3.8, 4) is 0 Å². The molecule has 0 spiro atoms. The Morgan fingerprint density at radius 3 is 2.64 bits per heavy atom. The molecule has 0 saturated carbocycles. The van der Waals surface area contributed by atoms with E-state index >= 15 is 0 Å². The molecular weight excluding hydrogens is 546 g/mol. The Balaban J connectivity index is 1.45. The van der Waals surface area contributed by atoms with Gasteiger partial charge in [-0.15, -0.1) is 0 Å². The Hall–Kier alpha value is -3.78. The van der Waals surface area contributed by atoms with Gasteiger partial charge in [0.25, 0.3) is 0 Å². The van der Waals surface area contributed by atoms with Crippen LogP contribution in [0, 0.1) is 0 Å². The highest BCUT2D eigenvalue weighted by Crippen LogP contribution is 2.25. The molecule has 208 valence electrons. The maximum atomic E-state index is 12.4. The predicted octanol–water partition coefficient (Wildman–Crippen LogP) is 3.36. The van der Waals surface area contributed by atoms with Gasteiger partial charge in [0, 0.05) is 38.1 Å². The number of amides is 1. The summed E-state index contributed by atoms with van der Waals surface area (Å²) in [6, 6.07) is 3.69. The number of pyridine rings is 1. The number of ether oxygens (including phenoxy) is 1. The predicted molar refractivity (Wildman–Crippen MR) is 148 cm³/mol. The van der Waals surface area contributed by atoms with Crippen LogP contribution >= 0.6 is 11.6 Å². The van der Waals surface area contributed by atoms with Crippen molar-refractivity contribution in [1.29, 1.82) is 0 Å². The fraction of sp³-hybridized carbons (Fsp3) is 0.417. The molecule has 0 unspecified atom stereocenters. The van der Waals surface area contributed by atoms with Crippen molar-refractivity contribution in [1.82, 2.24) is 29.8 Å². The minimum atomic E-state index is -3.52. The van der Waals surface area contributed by atoms with Crippen molar-refractivity contribution in [3.05, 3.63) is 52.7 Å². The lowest BCUT2D eigenvalue weighted by Crippen LogP contribution is -2.40. The number of nitrogens with one attached hydrogen (secondary N) is 2. The van der Waals surface area contributed by atoms with Crippen molar-refractivity contribution in [3.63, 3.8) is 0 Å². The van der Waals surface area contributed by atoms with Gasteiger partial charge in [0.15, 0.2) is 11.6 Å². The number of halogens is 1. The molecular formula is C24H30ClN9O4S. The van der Waals surface area contributed by atoms with Crippen LogP contribution in [-0.4, -0.2) is 69.8 Å². The molecule has 0 bridgehead atoms. The van der Waals surface area contributed by atoms with Gasteiger partial charge in [-0.1, -0.05) is 17.7 Å². The Labute approximate surface area is 232 Å². The van der Waals surface area contributed by atoms with E-state index in [0.717, 1.165) is 21.8 Å². The molecule has 0 aliphatic carbocycles. The molecule has 39 heavy (non-hydrogen) atoms. The van der Waals surface area contributed by atoms with Crippen molar-refractivity contribution >= 4 is 51.1 Å². The van der Waals surface area contributed by atoms with Crippen LogP contribution < -0.4 is 14.9 Å². The van der Waals surface area contributed by atoms with Crippen LogP contribution in [0.1, 0.15) is 37.7 Å². The fourth-order valence-electron chi connectivity index (χ4n) is 3.71. The van der Waals surface area contributed by atoms with Gasteiger partial charge in [-0.3, -0.25) is 9.29 Å². The number of hydrogen-bond donors (Lipinski definition) is 2. The first-order valence-corrected chi connectivity index (χ1v) is 14.3. The Morgan fingerprint density at radius 2 is 1.92 bits per heavy atom. The number of carbonyl (C=O) groups is 1. The molecule has 0 saturated heterocycles. The van der Waals surface area contributed by atoms with Gasteiger partial charge in [0.2, 0.25) is 16.0 Å². The molecule has 3 aromatic heterocycles. The molecule has 1 aliphatic heterocycles. The fourth-order valence-corrected chi connectivity index (χ4v) is 4.33. The number of sulfonamides is 1. The van der Waals surface area contributed by atoms with Crippen LogP contribution in [0.25, 0.3) is 0 Å². The first-order valence-electron chi connectivity index (χ1n) is 12.0. The molecule has 0 atom stereocenters. The average Bonchev–Trinajstić information content (AvgIpc) is 2.87. The minimum absolute atomic E-state index is 0.116. The first kappa shape index (κ1) is 28.2. The highest BCUT2D eigenvalue weighted by atomic mass is 35.5. The standard InChI is InChI=1S/C24H30ClN9O4S/c1-24(2,3)38-23(35)34-11-8-17-15(14-34)6-7-19(30-17)31-22-29-12-16(25)20(32-22)28-13-18-21(27-10-9-26-18)33(4)39(5,36)37/h6-7,9-10,12H,8,11,13-14H2,1-5H3,(H2,28,29,30,31,32). The van der Waals surface area contributed by atoms with E-state index in [0.29, 0.717) is 36.8 Å². The summed E-state index contributed by atoms with van der Waals surface area (Å²) in [5.41, 5.74) is 1.65. The summed E-state index contributed by atoms with van der Waals surface area (Å²) in [6.45, 7) is 6.56. The molecule has 3 aromatic rings. The van der Waals surface area contributed by atoms with Gasteiger partial charge in [-0.25, -0.2) is 28.2 Å². The topological polar surface area (TPSA) is 155 Å². The monoisotopic (exact) mass is 575 g/mol. The maximum Gasteiger partial charge on any atom is 0.410 e. The van der Waals surface area contributed by atoms with Crippen molar-refractivity contribution < 1.29 is 17.9 Å². The van der Waals surface area contributed by atoms with Gasteiger partial charge >= 0.3 is 6.09 Å². The van der Waals surface area contributed by atoms with Crippen LogP contribution in [0.2, 0.25) is 5.02 Å². The lowest BCUT2D eigenvalue weighted by atomic mass is 10.1. The smallest absolute Gasteiger partial charge is 0.410 e. The zero-order valence-electron chi connectivity index (χ0n) is 22.3. The number of aromatic nitrogens is 5. The van der Waals surface area contributed by atoms with Crippen LogP contribution in [0.4, 0.5) is 28.2 Å². The van der Waals surface area contributed by atoms with E-state index in [2.05, 4.69) is 35.6 Å². The number of anilines is 4.